The van der Waals surface area contributed by atoms with Crippen LogP contribution in [0.5, 0.6) is 0 Å². The van der Waals surface area contributed by atoms with Gasteiger partial charge in [0.15, 0.2) is 0 Å². The van der Waals surface area contributed by atoms with E-state index in [0.29, 0.717) is 16.8 Å². The maximum absolute atomic E-state index is 12.2. The van der Waals surface area contributed by atoms with Gasteiger partial charge in [-0.15, -0.1) is 0 Å². The Morgan fingerprint density at radius 1 is 1.32 bits per heavy atom. The summed E-state index contributed by atoms with van der Waals surface area (Å²) in [6.45, 7) is 1.98. The van der Waals surface area contributed by atoms with Crippen LogP contribution in [-0.4, -0.2) is 24.0 Å². The highest BCUT2D eigenvalue weighted by Gasteiger charge is 2.22. The van der Waals surface area contributed by atoms with E-state index in [-0.39, 0.29) is 6.03 Å². The summed E-state index contributed by atoms with van der Waals surface area (Å²) >= 11 is 6.13. The van der Waals surface area contributed by atoms with Gasteiger partial charge in [-0.05, 0) is 37.5 Å². The highest BCUT2D eigenvalue weighted by atomic mass is 35.5. The number of aryl methyl sites for hydroxylation is 1. The van der Waals surface area contributed by atoms with Crippen molar-refractivity contribution >= 4 is 23.3 Å². The Morgan fingerprint density at radius 2 is 2.00 bits per heavy atom. The largest absolute Gasteiger partial charge is 0.325 e. The summed E-state index contributed by atoms with van der Waals surface area (Å²) in [5.74, 6) is 0. The van der Waals surface area contributed by atoms with E-state index in [1.54, 1.807) is 0 Å². The molecule has 0 atom stereocenters. The minimum Gasteiger partial charge on any atom is -0.325 e. The molecule has 0 unspecified atom stereocenters. The molecule has 1 N–H and O–H groups in total. The van der Waals surface area contributed by atoms with Gasteiger partial charge in [-0.1, -0.05) is 36.9 Å². The zero-order chi connectivity index (χ0) is 13.8. The second-order valence-electron chi connectivity index (χ2n) is 5.32. The lowest BCUT2D eigenvalue weighted by atomic mass is 9.95. The fourth-order valence-corrected chi connectivity index (χ4v) is 2.84. The molecular formula is C15H21ClN2O. The number of benzene rings is 1. The van der Waals surface area contributed by atoms with Gasteiger partial charge in [-0.2, -0.15) is 0 Å². The summed E-state index contributed by atoms with van der Waals surface area (Å²) in [5, 5.41) is 3.48. The lowest BCUT2D eigenvalue weighted by Crippen LogP contribution is -2.40. The lowest BCUT2D eigenvalue weighted by Gasteiger charge is -2.31. The summed E-state index contributed by atoms with van der Waals surface area (Å²) in [7, 11) is 1.87. The summed E-state index contributed by atoms with van der Waals surface area (Å²) < 4.78 is 0. The number of hydrogen-bond acceptors (Lipinski definition) is 1. The quantitative estimate of drug-likeness (QED) is 0.853. The predicted octanol–water partition coefficient (Wildman–Crippen LogP) is 4.44. The number of carbonyl (C=O) groups excluding carboxylic acids is 1. The lowest BCUT2D eigenvalue weighted by molar-refractivity contribution is 0.186. The van der Waals surface area contributed by atoms with Crippen LogP contribution in [0.15, 0.2) is 18.2 Å². The summed E-state index contributed by atoms with van der Waals surface area (Å²) in [5.41, 5.74) is 1.77. The molecule has 104 valence electrons. The zero-order valence-electron chi connectivity index (χ0n) is 11.6. The van der Waals surface area contributed by atoms with Gasteiger partial charge in [0.1, 0.15) is 0 Å². The molecule has 0 bridgehead atoms. The fourth-order valence-electron chi connectivity index (χ4n) is 2.56. The molecule has 4 heteroatoms. The molecule has 0 saturated heterocycles. The zero-order valence-corrected chi connectivity index (χ0v) is 12.3. The first-order chi connectivity index (χ1) is 9.08. The van der Waals surface area contributed by atoms with Crippen molar-refractivity contribution in [3.05, 3.63) is 28.8 Å². The minimum absolute atomic E-state index is 0.0716. The van der Waals surface area contributed by atoms with Gasteiger partial charge in [-0.3, -0.25) is 0 Å². The highest BCUT2D eigenvalue weighted by molar-refractivity contribution is 6.33. The van der Waals surface area contributed by atoms with E-state index in [2.05, 4.69) is 5.32 Å². The molecule has 1 fully saturated rings. The summed E-state index contributed by atoms with van der Waals surface area (Å²) in [6.07, 6.45) is 5.92. The van der Waals surface area contributed by atoms with Gasteiger partial charge >= 0.3 is 6.03 Å². The third-order valence-corrected chi connectivity index (χ3v) is 4.12. The predicted molar refractivity (Wildman–Crippen MR) is 79.8 cm³/mol. The number of halogens is 1. The fraction of sp³-hybridized carbons (Fsp3) is 0.533. The third kappa shape index (κ3) is 3.63. The third-order valence-electron chi connectivity index (χ3n) is 3.81. The van der Waals surface area contributed by atoms with Crippen LogP contribution in [0.1, 0.15) is 37.7 Å². The molecule has 2 rings (SSSR count). The van der Waals surface area contributed by atoms with Crippen LogP contribution in [0, 0.1) is 6.92 Å². The number of rotatable bonds is 2. The number of anilines is 1. The van der Waals surface area contributed by atoms with E-state index in [9.17, 15) is 4.79 Å². The van der Waals surface area contributed by atoms with Gasteiger partial charge in [0.25, 0.3) is 0 Å². The van der Waals surface area contributed by atoms with Crippen molar-refractivity contribution in [2.45, 2.75) is 45.1 Å². The van der Waals surface area contributed by atoms with E-state index in [1.807, 2.05) is 37.1 Å². The summed E-state index contributed by atoms with van der Waals surface area (Å²) in [6, 6.07) is 5.94. The van der Waals surface area contributed by atoms with E-state index < -0.39 is 0 Å². The van der Waals surface area contributed by atoms with Gasteiger partial charge < -0.3 is 10.2 Å². The van der Waals surface area contributed by atoms with Gasteiger partial charge in [0, 0.05) is 13.1 Å². The van der Waals surface area contributed by atoms with Crippen molar-refractivity contribution in [2.24, 2.45) is 0 Å². The first-order valence-electron chi connectivity index (χ1n) is 6.88. The summed E-state index contributed by atoms with van der Waals surface area (Å²) in [4.78, 5) is 14.0. The van der Waals surface area contributed by atoms with Crippen molar-refractivity contribution in [3.8, 4) is 0 Å². The van der Waals surface area contributed by atoms with Crippen LogP contribution in [0.25, 0.3) is 0 Å². The van der Waals surface area contributed by atoms with Crippen molar-refractivity contribution in [2.75, 3.05) is 12.4 Å². The first-order valence-corrected chi connectivity index (χ1v) is 7.25. The van der Waals surface area contributed by atoms with E-state index in [1.165, 1.54) is 19.3 Å². The first kappa shape index (κ1) is 14.2. The smallest absolute Gasteiger partial charge is 0.321 e. The topological polar surface area (TPSA) is 32.3 Å². The van der Waals surface area contributed by atoms with Gasteiger partial charge in [0.05, 0.1) is 10.7 Å². The minimum atomic E-state index is -0.0716. The Labute approximate surface area is 119 Å². The van der Waals surface area contributed by atoms with E-state index >= 15 is 0 Å². The van der Waals surface area contributed by atoms with Crippen molar-refractivity contribution in [3.63, 3.8) is 0 Å². The Balaban J connectivity index is 1.99. The highest BCUT2D eigenvalue weighted by Crippen LogP contribution is 2.25. The molecule has 1 saturated carbocycles. The number of amides is 2. The molecule has 1 aromatic carbocycles. The average Bonchev–Trinajstić information content (AvgIpc) is 2.42. The number of urea groups is 1. The molecule has 1 aromatic rings. The Bertz CT molecular complexity index is 455. The maximum Gasteiger partial charge on any atom is 0.321 e. The average molecular weight is 281 g/mol. The van der Waals surface area contributed by atoms with Crippen LogP contribution in [-0.2, 0) is 0 Å². The molecule has 19 heavy (non-hydrogen) atoms. The molecule has 2 amide bonds. The van der Waals surface area contributed by atoms with Crippen LogP contribution in [0.3, 0.4) is 0 Å². The molecule has 1 aliphatic rings. The molecule has 0 radical (unpaired) electrons. The molecule has 3 nitrogen and oxygen atoms in total. The molecule has 0 spiro atoms. The molecule has 0 aromatic heterocycles. The number of hydrogen-bond donors (Lipinski definition) is 1. The van der Waals surface area contributed by atoms with Crippen LogP contribution >= 0.6 is 11.6 Å². The van der Waals surface area contributed by atoms with Crippen LogP contribution in [0.2, 0.25) is 5.02 Å². The molecular weight excluding hydrogens is 260 g/mol. The van der Waals surface area contributed by atoms with E-state index in [0.717, 1.165) is 18.4 Å². The van der Waals surface area contributed by atoms with Crippen molar-refractivity contribution < 1.29 is 4.79 Å². The second kappa shape index (κ2) is 6.29. The van der Waals surface area contributed by atoms with Crippen LogP contribution in [0.4, 0.5) is 10.5 Å². The Kier molecular flexibility index (Phi) is 4.70. The molecule has 1 aliphatic carbocycles. The number of nitrogens with zero attached hydrogens (tertiary/aromatic N) is 1. The molecule has 0 heterocycles. The number of nitrogens with one attached hydrogen (secondary N) is 1. The monoisotopic (exact) mass is 280 g/mol. The molecule has 0 aliphatic heterocycles. The van der Waals surface area contributed by atoms with Crippen molar-refractivity contribution in [1.82, 2.24) is 4.90 Å². The number of carbonyl (C=O) groups is 1. The van der Waals surface area contributed by atoms with Gasteiger partial charge in [0.2, 0.25) is 0 Å². The Hall–Kier alpha value is -1.22. The van der Waals surface area contributed by atoms with Crippen molar-refractivity contribution in [1.29, 1.82) is 0 Å². The second-order valence-corrected chi connectivity index (χ2v) is 5.72. The normalized spacial score (nSPS) is 16.2. The SMILES string of the molecule is Cc1ccc(NC(=O)N(C)C2CCCCC2)c(Cl)c1. The van der Waals surface area contributed by atoms with E-state index in [4.69, 9.17) is 11.6 Å². The maximum atomic E-state index is 12.2. The van der Waals surface area contributed by atoms with Crippen LogP contribution < -0.4 is 5.32 Å². The Morgan fingerprint density at radius 3 is 2.63 bits per heavy atom. The van der Waals surface area contributed by atoms with Gasteiger partial charge in [-0.25, -0.2) is 4.79 Å². The standard InChI is InChI=1S/C15H21ClN2O/c1-11-8-9-14(13(16)10-11)17-15(19)18(2)12-6-4-3-5-7-12/h8-10,12H,3-7H2,1-2H3,(H,17,19).